The van der Waals surface area contributed by atoms with E-state index in [2.05, 4.69) is 4.90 Å². The molecular formula is C15H16Cl2N2. The smallest absolute Gasteiger partial charge is 0.0465 e. The van der Waals surface area contributed by atoms with Crippen LogP contribution in [-0.4, -0.2) is 11.9 Å². The summed E-state index contributed by atoms with van der Waals surface area (Å²) >= 11 is 12.3. The normalized spacial score (nSPS) is 10.9. The zero-order valence-electron chi connectivity index (χ0n) is 10.7. The molecule has 0 atom stereocenters. The number of nitrogen functional groups attached to an aromatic ring is 1. The van der Waals surface area contributed by atoms with E-state index in [1.165, 1.54) is 0 Å². The molecule has 0 heterocycles. The van der Waals surface area contributed by atoms with Crippen LogP contribution in [0.3, 0.4) is 0 Å². The summed E-state index contributed by atoms with van der Waals surface area (Å²) in [5.41, 5.74) is 8.80. The molecule has 0 spiro atoms. The van der Waals surface area contributed by atoms with Crippen LogP contribution in [0.1, 0.15) is 11.1 Å². The summed E-state index contributed by atoms with van der Waals surface area (Å²) in [6.45, 7) is 1.45. The van der Waals surface area contributed by atoms with E-state index in [0.717, 1.165) is 23.4 Å². The lowest BCUT2D eigenvalue weighted by atomic mass is 10.1. The van der Waals surface area contributed by atoms with Crippen molar-refractivity contribution in [2.75, 3.05) is 12.8 Å². The quantitative estimate of drug-likeness (QED) is 0.856. The van der Waals surface area contributed by atoms with E-state index in [0.29, 0.717) is 16.6 Å². The number of nitrogens with zero attached hydrogens (tertiary/aromatic N) is 1. The Bertz CT molecular complexity index is 550. The van der Waals surface area contributed by atoms with Gasteiger partial charge in [0.2, 0.25) is 0 Å². The molecule has 4 heteroatoms. The monoisotopic (exact) mass is 294 g/mol. The Balaban J connectivity index is 2.10. The number of halogens is 2. The zero-order chi connectivity index (χ0) is 13.8. The molecule has 100 valence electrons. The molecule has 2 rings (SSSR count). The van der Waals surface area contributed by atoms with Gasteiger partial charge in [0, 0.05) is 34.4 Å². The van der Waals surface area contributed by atoms with Crippen LogP contribution in [-0.2, 0) is 13.1 Å². The van der Waals surface area contributed by atoms with E-state index >= 15 is 0 Å². The molecule has 2 N–H and O–H groups in total. The van der Waals surface area contributed by atoms with Gasteiger partial charge in [-0.2, -0.15) is 0 Å². The van der Waals surface area contributed by atoms with Crippen molar-refractivity contribution in [2.45, 2.75) is 13.1 Å². The summed E-state index contributed by atoms with van der Waals surface area (Å²) in [6, 6.07) is 13.4. The number of rotatable bonds is 4. The third kappa shape index (κ3) is 3.63. The van der Waals surface area contributed by atoms with Crippen molar-refractivity contribution >= 4 is 28.9 Å². The fourth-order valence-electron chi connectivity index (χ4n) is 1.98. The second-order valence-electron chi connectivity index (χ2n) is 4.57. The van der Waals surface area contributed by atoms with Crippen LogP contribution in [0.15, 0.2) is 42.5 Å². The summed E-state index contributed by atoms with van der Waals surface area (Å²) in [7, 11) is 2.02. The summed E-state index contributed by atoms with van der Waals surface area (Å²) in [4.78, 5) is 2.14. The third-order valence-electron chi connectivity index (χ3n) is 2.99. The molecule has 0 amide bonds. The Morgan fingerprint density at radius 1 is 0.947 bits per heavy atom. The van der Waals surface area contributed by atoms with Crippen LogP contribution in [0.25, 0.3) is 0 Å². The molecule has 0 saturated heterocycles. The third-order valence-corrected chi connectivity index (χ3v) is 3.69. The number of hydrogen-bond donors (Lipinski definition) is 1. The first-order valence-corrected chi connectivity index (χ1v) is 6.78. The largest absolute Gasteiger partial charge is 0.398 e. The maximum absolute atomic E-state index is 6.17. The minimum atomic E-state index is 0.687. The Hall–Kier alpha value is -1.22. The highest BCUT2D eigenvalue weighted by Crippen LogP contribution is 2.26. The van der Waals surface area contributed by atoms with Crippen LogP contribution in [0.4, 0.5) is 5.69 Å². The predicted octanol–water partition coefficient (Wildman–Crippen LogP) is 4.21. The molecule has 2 nitrogen and oxygen atoms in total. The molecule has 2 aromatic carbocycles. The molecular weight excluding hydrogens is 279 g/mol. The highest BCUT2D eigenvalue weighted by molar-refractivity contribution is 6.35. The minimum Gasteiger partial charge on any atom is -0.398 e. The lowest BCUT2D eigenvalue weighted by Gasteiger charge is -2.19. The van der Waals surface area contributed by atoms with Crippen LogP contribution < -0.4 is 5.73 Å². The van der Waals surface area contributed by atoms with E-state index in [4.69, 9.17) is 28.9 Å². The topological polar surface area (TPSA) is 29.3 Å². The molecule has 19 heavy (non-hydrogen) atoms. The molecule has 0 saturated carbocycles. The number of anilines is 1. The summed E-state index contributed by atoms with van der Waals surface area (Å²) < 4.78 is 0. The Morgan fingerprint density at radius 3 is 2.21 bits per heavy atom. The molecule has 0 aromatic heterocycles. The molecule has 0 fully saturated rings. The Morgan fingerprint density at radius 2 is 1.58 bits per heavy atom. The first-order valence-electron chi connectivity index (χ1n) is 6.02. The van der Waals surface area contributed by atoms with Crippen molar-refractivity contribution < 1.29 is 0 Å². The number of hydrogen-bond acceptors (Lipinski definition) is 2. The van der Waals surface area contributed by atoms with Gasteiger partial charge in [0.05, 0.1) is 0 Å². The van der Waals surface area contributed by atoms with E-state index < -0.39 is 0 Å². The van der Waals surface area contributed by atoms with Gasteiger partial charge >= 0.3 is 0 Å². The maximum Gasteiger partial charge on any atom is 0.0465 e. The van der Waals surface area contributed by atoms with Crippen LogP contribution in [0, 0.1) is 0 Å². The van der Waals surface area contributed by atoms with Gasteiger partial charge in [-0.05, 0) is 30.8 Å². The van der Waals surface area contributed by atoms with Crippen molar-refractivity contribution in [3.8, 4) is 0 Å². The fourth-order valence-corrected chi connectivity index (χ4v) is 2.50. The number of nitrogens with two attached hydrogens (primary N) is 1. The van der Waals surface area contributed by atoms with Crippen molar-refractivity contribution in [1.29, 1.82) is 0 Å². The van der Waals surface area contributed by atoms with E-state index in [1.54, 1.807) is 0 Å². The minimum absolute atomic E-state index is 0.687. The molecule has 0 aliphatic carbocycles. The molecule has 2 aromatic rings. The molecule has 0 bridgehead atoms. The lowest BCUT2D eigenvalue weighted by molar-refractivity contribution is 0.320. The van der Waals surface area contributed by atoms with Crippen LogP contribution >= 0.6 is 23.2 Å². The fraction of sp³-hybridized carbons (Fsp3) is 0.200. The van der Waals surface area contributed by atoms with Crippen molar-refractivity contribution in [3.63, 3.8) is 0 Å². The molecule has 0 unspecified atom stereocenters. The van der Waals surface area contributed by atoms with Crippen molar-refractivity contribution in [1.82, 2.24) is 4.90 Å². The van der Waals surface area contributed by atoms with Crippen LogP contribution in [0.5, 0.6) is 0 Å². The predicted molar refractivity (Wildman–Crippen MR) is 82.5 cm³/mol. The average molecular weight is 295 g/mol. The van der Waals surface area contributed by atoms with Crippen molar-refractivity contribution in [2.24, 2.45) is 0 Å². The highest BCUT2D eigenvalue weighted by atomic mass is 35.5. The molecule has 0 aliphatic heterocycles. The number of benzene rings is 2. The SMILES string of the molecule is CN(Cc1ccccc1N)Cc1c(Cl)cccc1Cl. The maximum atomic E-state index is 6.17. The van der Waals surface area contributed by atoms with Gasteiger partial charge in [-0.3, -0.25) is 4.90 Å². The Labute approximate surface area is 123 Å². The lowest BCUT2D eigenvalue weighted by Crippen LogP contribution is -2.18. The van der Waals surface area contributed by atoms with Gasteiger partial charge in [0.1, 0.15) is 0 Å². The first-order chi connectivity index (χ1) is 9.08. The van der Waals surface area contributed by atoms with Gasteiger partial charge in [0.15, 0.2) is 0 Å². The second-order valence-corrected chi connectivity index (χ2v) is 5.39. The van der Waals surface area contributed by atoms with Gasteiger partial charge in [0.25, 0.3) is 0 Å². The van der Waals surface area contributed by atoms with Gasteiger partial charge in [-0.25, -0.2) is 0 Å². The molecule has 0 aliphatic rings. The number of para-hydroxylation sites is 1. The first kappa shape index (κ1) is 14.2. The average Bonchev–Trinajstić information content (AvgIpc) is 2.37. The highest BCUT2D eigenvalue weighted by Gasteiger charge is 2.09. The molecule has 0 radical (unpaired) electrons. The second kappa shape index (κ2) is 6.29. The summed E-state index contributed by atoms with van der Waals surface area (Å²) in [5.74, 6) is 0. The van der Waals surface area contributed by atoms with Crippen molar-refractivity contribution in [3.05, 3.63) is 63.6 Å². The van der Waals surface area contributed by atoms with Gasteiger partial charge in [-0.1, -0.05) is 47.5 Å². The van der Waals surface area contributed by atoms with Crippen LogP contribution in [0.2, 0.25) is 10.0 Å². The van der Waals surface area contributed by atoms with Gasteiger partial charge < -0.3 is 5.73 Å². The Kier molecular flexibility index (Phi) is 4.70. The van der Waals surface area contributed by atoms with Gasteiger partial charge in [-0.15, -0.1) is 0 Å². The zero-order valence-corrected chi connectivity index (χ0v) is 12.2. The van der Waals surface area contributed by atoms with E-state index in [1.807, 2.05) is 49.5 Å². The summed E-state index contributed by atoms with van der Waals surface area (Å²) in [5, 5.41) is 1.39. The summed E-state index contributed by atoms with van der Waals surface area (Å²) in [6.07, 6.45) is 0. The van der Waals surface area contributed by atoms with E-state index in [9.17, 15) is 0 Å². The van der Waals surface area contributed by atoms with E-state index in [-0.39, 0.29) is 0 Å². The standard InChI is InChI=1S/C15H16Cl2N2/c1-19(9-11-5-2-3-8-15(11)18)10-12-13(16)6-4-7-14(12)17/h2-8H,9-10,18H2,1H3.